The topological polar surface area (TPSA) is 78.1 Å². The monoisotopic (exact) mass is 530 g/mol. The van der Waals surface area contributed by atoms with Gasteiger partial charge in [0.15, 0.2) is 11.5 Å². The van der Waals surface area contributed by atoms with Gasteiger partial charge in [-0.2, -0.15) is 0 Å². The number of hydrogen-bond acceptors (Lipinski definition) is 5. The maximum Gasteiger partial charge on any atom is 0.270 e. The summed E-state index contributed by atoms with van der Waals surface area (Å²) in [6, 6.07) is 4.76. The SMILES string of the molecule is COc1ccc2c3c1O[C@H]1c4[nH]c(C(=O)N5CCN(C(=O)C6CCC6)CC5)c(C)c4CC4[C@@H](C2)N(C)CC[C@@]341. The predicted molar refractivity (Wildman–Crippen MR) is 145 cm³/mol. The summed E-state index contributed by atoms with van der Waals surface area (Å²) >= 11 is 0. The number of rotatable bonds is 3. The molecule has 1 saturated carbocycles. The van der Waals surface area contributed by atoms with Gasteiger partial charge in [-0.05, 0) is 81.3 Å². The minimum absolute atomic E-state index is 0.0481. The van der Waals surface area contributed by atoms with Crippen LogP contribution in [-0.4, -0.2) is 84.4 Å². The van der Waals surface area contributed by atoms with E-state index in [2.05, 4.69) is 36.0 Å². The number of likely N-dealkylation sites (N-methyl/N-ethyl adjacent to an activating group) is 1. The fourth-order valence-electron chi connectivity index (χ4n) is 8.85. The zero-order chi connectivity index (χ0) is 26.6. The average molecular weight is 531 g/mol. The Morgan fingerprint density at radius 1 is 1.08 bits per heavy atom. The van der Waals surface area contributed by atoms with Crippen LogP contribution < -0.4 is 9.47 Å². The number of hydrogen-bond donors (Lipinski definition) is 1. The maximum absolute atomic E-state index is 13.9. The van der Waals surface area contributed by atoms with E-state index in [0.717, 1.165) is 67.8 Å². The first-order chi connectivity index (χ1) is 18.9. The molecule has 1 aromatic heterocycles. The summed E-state index contributed by atoms with van der Waals surface area (Å²) < 4.78 is 12.7. The second-order valence-corrected chi connectivity index (χ2v) is 12.7. The molecule has 0 radical (unpaired) electrons. The molecule has 1 spiro atoms. The van der Waals surface area contributed by atoms with Gasteiger partial charge in [-0.3, -0.25) is 9.59 Å². The molecule has 3 fully saturated rings. The highest BCUT2D eigenvalue weighted by atomic mass is 16.5. The zero-order valence-corrected chi connectivity index (χ0v) is 23.2. The van der Waals surface area contributed by atoms with E-state index in [1.54, 1.807) is 7.11 Å². The van der Waals surface area contributed by atoms with Crippen molar-refractivity contribution in [2.45, 2.75) is 63.0 Å². The number of carbonyl (C=O) groups excluding carboxylic acids is 2. The number of aromatic nitrogens is 1. The molecule has 2 bridgehead atoms. The first-order valence-corrected chi connectivity index (χ1v) is 14.8. The van der Waals surface area contributed by atoms with Crippen LogP contribution in [0.2, 0.25) is 0 Å². The van der Waals surface area contributed by atoms with Crippen LogP contribution in [0.15, 0.2) is 12.1 Å². The molecule has 8 rings (SSSR count). The first-order valence-electron chi connectivity index (χ1n) is 14.8. The fourth-order valence-corrected chi connectivity index (χ4v) is 8.85. The lowest BCUT2D eigenvalue weighted by molar-refractivity contribution is -0.139. The summed E-state index contributed by atoms with van der Waals surface area (Å²) in [4.78, 5) is 36.7. The number of methoxy groups -OCH3 is 1. The third-order valence-electron chi connectivity index (χ3n) is 11.2. The normalized spacial score (nSPS) is 30.8. The Morgan fingerprint density at radius 2 is 1.85 bits per heavy atom. The average Bonchev–Trinajstić information content (AvgIpc) is 3.44. The Bertz CT molecular complexity index is 1390. The Kier molecular flexibility index (Phi) is 5.05. The van der Waals surface area contributed by atoms with Crippen LogP contribution in [0.4, 0.5) is 0 Å². The quantitative estimate of drug-likeness (QED) is 0.660. The highest BCUT2D eigenvalue weighted by Gasteiger charge is 2.65. The van der Waals surface area contributed by atoms with Crippen LogP contribution in [0, 0.1) is 18.8 Å². The summed E-state index contributed by atoms with van der Waals surface area (Å²) in [5.74, 6) is 2.70. The molecule has 8 nitrogen and oxygen atoms in total. The number of carbonyl (C=O) groups is 2. The molecule has 2 aromatic rings. The van der Waals surface area contributed by atoms with Crippen molar-refractivity contribution in [1.29, 1.82) is 0 Å². The Morgan fingerprint density at radius 3 is 2.56 bits per heavy atom. The van der Waals surface area contributed by atoms with Gasteiger partial charge in [0.2, 0.25) is 5.91 Å². The number of piperazine rings is 1. The summed E-state index contributed by atoms with van der Waals surface area (Å²) in [6.07, 6.45) is 6.09. The minimum Gasteiger partial charge on any atom is -0.493 e. The lowest BCUT2D eigenvalue weighted by Gasteiger charge is -2.57. The van der Waals surface area contributed by atoms with Gasteiger partial charge in [0.25, 0.3) is 5.91 Å². The second-order valence-electron chi connectivity index (χ2n) is 12.7. The molecule has 39 heavy (non-hydrogen) atoms. The number of piperidine rings is 1. The molecule has 1 aromatic carbocycles. The van der Waals surface area contributed by atoms with E-state index in [4.69, 9.17) is 9.47 Å². The van der Waals surface area contributed by atoms with Crippen molar-refractivity contribution >= 4 is 11.8 Å². The predicted octanol–water partition coefficient (Wildman–Crippen LogP) is 3.22. The van der Waals surface area contributed by atoms with Crippen molar-refractivity contribution in [3.63, 3.8) is 0 Å². The summed E-state index contributed by atoms with van der Waals surface area (Å²) in [7, 11) is 3.99. The van der Waals surface area contributed by atoms with Crippen LogP contribution in [0.3, 0.4) is 0 Å². The molecule has 8 heteroatoms. The Labute approximate surface area is 229 Å². The van der Waals surface area contributed by atoms with E-state index in [1.807, 2.05) is 9.80 Å². The van der Waals surface area contributed by atoms with Crippen LogP contribution in [-0.2, 0) is 23.1 Å². The van der Waals surface area contributed by atoms with E-state index < -0.39 is 0 Å². The van der Waals surface area contributed by atoms with Gasteiger partial charge in [0.05, 0.1) is 12.8 Å². The fraction of sp³-hybridized carbons (Fsp3) is 0.613. The number of aromatic amines is 1. The van der Waals surface area contributed by atoms with Gasteiger partial charge >= 0.3 is 0 Å². The maximum atomic E-state index is 13.9. The van der Waals surface area contributed by atoms with Crippen LogP contribution in [0.5, 0.6) is 11.5 Å². The van der Waals surface area contributed by atoms with Crippen LogP contribution >= 0.6 is 0 Å². The van der Waals surface area contributed by atoms with Crippen molar-refractivity contribution in [2.24, 2.45) is 11.8 Å². The van der Waals surface area contributed by atoms with Crippen molar-refractivity contribution in [1.82, 2.24) is 19.7 Å². The smallest absolute Gasteiger partial charge is 0.270 e. The standard InChI is InChI=1S/C31H38N4O4/c1-17-20-16-21-22-15-19-7-8-23(38-3)27-24(19)31(21,9-10-33(22)2)28(39-27)26(20)32-25(17)30(37)35-13-11-34(12-14-35)29(36)18-5-4-6-18/h7-8,18,21-22,28,32H,4-6,9-16H2,1-3H3/t21?,22-,28+,31+/m1/s1. The third kappa shape index (κ3) is 3.04. The van der Waals surface area contributed by atoms with Crippen LogP contribution in [0.1, 0.15) is 70.2 Å². The number of nitrogens with one attached hydrogen (secondary N) is 1. The molecule has 4 heterocycles. The van der Waals surface area contributed by atoms with E-state index >= 15 is 0 Å². The van der Waals surface area contributed by atoms with Crippen molar-refractivity contribution in [2.75, 3.05) is 46.9 Å². The van der Waals surface area contributed by atoms with Gasteiger partial charge in [-0.15, -0.1) is 0 Å². The highest BCUT2D eigenvalue weighted by molar-refractivity contribution is 5.95. The molecule has 2 amide bonds. The first kappa shape index (κ1) is 23.9. The largest absolute Gasteiger partial charge is 0.493 e. The summed E-state index contributed by atoms with van der Waals surface area (Å²) in [6.45, 7) is 5.58. The Hall–Kier alpha value is -3.00. The molecule has 3 aliphatic carbocycles. The van der Waals surface area contributed by atoms with E-state index in [-0.39, 0.29) is 29.3 Å². The molecule has 2 saturated heterocycles. The molecule has 3 aliphatic heterocycles. The number of nitrogens with zero attached hydrogens (tertiary/aromatic N) is 3. The second kappa shape index (κ2) is 8.26. The zero-order valence-electron chi connectivity index (χ0n) is 23.2. The van der Waals surface area contributed by atoms with Crippen molar-refractivity contribution in [3.05, 3.63) is 45.8 Å². The lowest BCUT2D eigenvalue weighted by Crippen LogP contribution is -2.62. The molecular formula is C31H38N4O4. The number of ether oxygens (including phenoxy) is 2. The minimum atomic E-state index is -0.134. The molecule has 1 unspecified atom stereocenters. The van der Waals surface area contributed by atoms with Gasteiger partial charge in [-0.1, -0.05) is 12.5 Å². The summed E-state index contributed by atoms with van der Waals surface area (Å²) in [5, 5.41) is 0. The number of likely N-dealkylation sites (tertiary alicyclic amines) is 1. The van der Waals surface area contributed by atoms with E-state index in [1.165, 1.54) is 16.7 Å². The molecule has 4 atom stereocenters. The van der Waals surface area contributed by atoms with Gasteiger partial charge in [0, 0.05) is 49.1 Å². The van der Waals surface area contributed by atoms with Crippen molar-refractivity contribution < 1.29 is 19.1 Å². The van der Waals surface area contributed by atoms with E-state index in [0.29, 0.717) is 43.8 Å². The lowest BCUT2D eigenvalue weighted by atomic mass is 9.51. The van der Waals surface area contributed by atoms with Crippen molar-refractivity contribution in [3.8, 4) is 11.5 Å². The molecular weight excluding hydrogens is 492 g/mol. The molecule has 206 valence electrons. The van der Waals surface area contributed by atoms with E-state index in [9.17, 15) is 9.59 Å². The summed E-state index contributed by atoms with van der Waals surface area (Å²) in [5.41, 5.74) is 6.77. The highest BCUT2D eigenvalue weighted by Crippen LogP contribution is 2.67. The number of fused-ring (bicyclic) bond motifs is 2. The number of H-pyrrole nitrogens is 1. The van der Waals surface area contributed by atoms with Gasteiger partial charge < -0.3 is 29.2 Å². The molecule has 6 aliphatic rings. The van der Waals surface area contributed by atoms with Gasteiger partial charge in [-0.25, -0.2) is 0 Å². The number of benzene rings is 1. The van der Waals surface area contributed by atoms with Gasteiger partial charge in [0.1, 0.15) is 11.8 Å². The molecule has 1 N–H and O–H groups in total. The number of amides is 2. The Balaban J connectivity index is 1.14. The van der Waals surface area contributed by atoms with Crippen LogP contribution in [0.25, 0.3) is 0 Å². The third-order valence-corrected chi connectivity index (χ3v) is 11.2.